The van der Waals surface area contributed by atoms with Crippen molar-refractivity contribution in [3.8, 4) is 11.1 Å². The molecule has 0 spiro atoms. The molecule has 0 saturated carbocycles. The lowest BCUT2D eigenvalue weighted by Crippen LogP contribution is -2.46. The summed E-state index contributed by atoms with van der Waals surface area (Å²) in [6.07, 6.45) is 1.65. The van der Waals surface area contributed by atoms with Crippen LogP contribution < -0.4 is 10.6 Å². The molecule has 2 fully saturated rings. The van der Waals surface area contributed by atoms with E-state index >= 15 is 0 Å². The monoisotopic (exact) mass is 587 g/mol. The smallest absolute Gasteiger partial charge is 0.315 e. The molecule has 8 nitrogen and oxygen atoms in total. The summed E-state index contributed by atoms with van der Waals surface area (Å²) in [6.45, 7) is 7.80. The number of aliphatic hydroxyl groups is 1. The van der Waals surface area contributed by atoms with E-state index in [0.29, 0.717) is 19.1 Å². The maximum absolute atomic E-state index is 11.8. The summed E-state index contributed by atoms with van der Waals surface area (Å²) in [7, 11) is 1.77. The first-order valence-corrected chi connectivity index (χ1v) is 15.4. The Morgan fingerprint density at radius 2 is 1.74 bits per heavy atom. The molecule has 0 aromatic heterocycles. The van der Waals surface area contributed by atoms with Crippen molar-refractivity contribution in [1.29, 1.82) is 0 Å². The number of nitrogens with zero attached hydrogens (tertiary/aromatic N) is 1. The van der Waals surface area contributed by atoms with Crippen LogP contribution >= 0.6 is 0 Å². The van der Waals surface area contributed by atoms with Gasteiger partial charge in [-0.25, -0.2) is 4.79 Å². The zero-order valence-electron chi connectivity index (χ0n) is 25.5. The number of likely N-dealkylation sites (tertiary alicyclic amines) is 1. The van der Waals surface area contributed by atoms with E-state index in [4.69, 9.17) is 14.2 Å². The van der Waals surface area contributed by atoms with Crippen LogP contribution in [0.25, 0.3) is 11.1 Å². The highest BCUT2D eigenvalue weighted by Crippen LogP contribution is 2.42. The fourth-order valence-corrected chi connectivity index (χ4v) is 6.17. The third-order valence-electron chi connectivity index (χ3n) is 8.63. The molecule has 2 aliphatic heterocycles. The number of carbonyl (C=O) groups is 1. The van der Waals surface area contributed by atoms with Crippen LogP contribution in [0.15, 0.2) is 72.8 Å². The van der Waals surface area contributed by atoms with Gasteiger partial charge in [0.2, 0.25) is 0 Å². The Balaban J connectivity index is 1.34. The van der Waals surface area contributed by atoms with Crippen molar-refractivity contribution in [2.45, 2.75) is 64.4 Å². The molecule has 0 radical (unpaired) electrons. The van der Waals surface area contributed by atoms with E-state index in [1.165, 1.54) is 6.42 Å². The van der Waals surface area contributed by atoms with E-state index in [-0.39, 0.29) is 30.8 Å². The van der Waals surface area contributed by atoms with Gasteiger partial charge in [0.1, 0.15) is 0 Å². The summed E-state index contributed by atoms with van der Waals surface area (Å²) in [5.41, 5.74) is 6.15. The van der Waals surface area contributed by atoms with Crippen LogP contribution in [0, 0.1) is 5.92 Å². The average Bonchev–Trinajstić information content (AvgIpc) is 3.48. The lowest BCUT2D eigenvalue weighted by molar-refractivity contribution is -0.276. The third kappa shape index (κ3) is 7.82. The van der Waals surface area contributed by atoms with Gasteiger partial charge in [0.05, 0.1) is 25.4 Å². The lowest BCUT2D eigenvalue weighted by Gasteiger charge is -2.43. The zero-order valence-corrected chi connectivity index (χ0v) is 25.5. The number of rotatable bonds is 11. The van der Waals surface area contributed by atoms with E-state index in [1.54, 1.807) is 7.11 Å². The van der Waals surface area contributed by atoms with Crippen LogP contribution in [-0.2, 0) is 27.4 Å². The summed E-state index contributed by atoms with van der Waals surface area (Å²) >= 11 is 0. The van der Waals surface area contributed by atoms with E-state index < -0.39 is 6.29 Å². The van der Waals surface area contributed by atoms with E-state index in [2.05, 4.69) is 71.0 Å². The average molecular weight is 588 g/mol. The molecule has 0 bridgehead atoms. The second-order valence-corrected chi connectivity index (χ2v) is 11.6. The number of carbonyl (C=O) groups excluding carboxylic acids is 1. The third-order valence-corrected chi connectivity index (χ3v) is 8.63. The fraction of sp³-hybridized carbons (Fsp3) is 0.457. The number of amides is 2. The molecule has 2 aliphatic rings. The van der Waals surface area contributed by atoms with Gasteiger partial charge in [-0.1, -0.05) is 73.7 Å². The molecule has 0 aliphatic carbocycles. The topological polar surface area (TPSA) is 92.3 Å². The van der Waals surface area contributed by atoms with E-state index in [1.807, 2.05) is 31.2 Å². The molecule has 5 rings (SSSR count). The van der Waals surface area contributed by atoms with Gasteiger partial charge in [0.25, 0.3) is 0 Å². The maximum atomic E-state index is 11.8. The predicted molar refractivity (Wildman–Crippen MR) is 167 cm³/mol. The Hall–Kier alpha value is -3.27. The molecule has 2 saturated heterocycles. The van der Waals surface area contributed by atoms with Gasteiger partial charge < -0.3 is 30.0 Å². The molecule has 8 heteroatoms. The SMILES string of the molecule is CCNC(=O)NCc1cccc(-c2ccc([C@@H]3O[C@H](CN4CCC[C@H]4COC)[C@H](C)[C@H](c4ccc(CO)cc4)O3)cc2)c1. The number of methoxy groups -OCH3 is 1. The minimum absolute atomic E-state index is 0.0194. The summed E-state index contributed by atoms with van der Waals surface area (Å²) in [4.78, 5) is 14.3. The first-order chi connectivity index (χ1) is 21.0. The van der Waals surface area contributed by atoms with Gasteiger partial charge in [0.15, 0.2) is 6.29 Å². The van der Waals surface area contributed by atoms with E-state index in [0.717, 1.165) is 59.5 Å². The van der Waals surface area contributed by atoms with Crippen LogP contribution in [0.5, 0.6) is 0 Å². The quantitative estimate of drug-likeness (QED) is 0.272. The normalized spacial score (nSPS) is 24.1. The molecule has 3 aromatic rings. The minimum Gasteiger partial charge on any atom is -0.392 e. The van der Waals surface area contributed by atoms with Gasteiger partial charge >= 0.3 is 6.03 Å². The summed E-state index contributed by atoms with van der Waals surface area (Å²) < 4.78 is 18.9. The Morgan fingerprint density at radius 1 is 0.977 bits per heavy atom. The Bertz CT molecular complexity index is 1320. The van der Waals surface area contributed by atoms with Gasteiger partial charge in [-0.3, -0.25) is 4.90 Å². The number of urea groups is 1. The molecule has 3 N–H and O–H groups in total. The fourth-order valence-electron chi connectivity index (χ4n) is 6.17. The highest BCUT2D eigenvalue weighted by Gasteiger charge is 2.40. The molecule has 5 atom stereocenters. The highest BCUT2D eigenvalue weighted by molar-refractivity contribution is 5.73. The second-order valence-electron chi connectivity index (χ2n) is 11.6. The molecular weight excluding hydrogens is 542 g/mol. The molecule has 43 heavy (non-hydrogen) atoms. The lowest BCUT2D eigenvalue weighted by atomic mass is 9.89. The predicted octanol–water partition coefficient (Wildman–Crippen LogP) is 5.57. The van der Waals surface area contributed by atoms with Gasteiger partial charge in [-0.15, -0.1) is 0 Å². The number of ether oxygens (including phenoxy) is 3. The van der Waals surface area contributed by atoms with Gasteiger partial charge in [-0.05, 0) is 60.2 Å². The van der Waals surface area contributed by atoms with Crippen molar-refractivity contribution in [2.75, 3.05) is 33.4 Å². The minimum atomic E-state index is -0.506. The van der Waals surface area contributed by atoms with Crippen LogP contribution in [0.1, 0.15) is 61.3 Å². The molecule has 230 valence electrons. The van der Waals surface area contributed by atoms with Crippen molar-refractivity contribution in [3.05, 3.63) is 95.1 Å². The van der Waals surface area contributed by atoms with Crippen molar-refractivity contribution in [1.82, 2.24) is 15.5 Å². The summed E-state index contributed by atoms with van der Waals surface area (Å²) in [5, 5.41) is 15.2. The summed E-state index contributed by atoms with van der Waals surface area (Å²) in [5.74, 6) is 0.134. The Morgan fingerprint density at radius 3 is 2.47 bits per heavy atom. The van der Waals surface area contributed by atoms with E-state index in [9.17, 15) is 9.90 Å². The maximum Gasteiger partial charge on any atom is 0.315 e. The number of hydrogen-bond donors (Lipinski definition) is 3. The second kappa shape index (κ2) is 14.9. The number of benzene rings is 3. The Labute approximate surface area is 255 Å². The Kier molecular flexibility index (Phi) is 10.8. The van der Waals surface area contributed by atoms with Crippen molar-refractivity contribution < 1.29 is 24.1 Å². The molecular formula is C35H45N3O5. The molecule has 2 amide bonds. The number of aliphatic hydroxyl groups excluding tert-OH is 1. The van der Waals surface area contributed by atoms with Crippen molar-refractivity contribution in [3.63, 3.8) is 0 Å². The van der Waals surface area contributed by atoms with Crippen LogP contribution in [0.2, 0.25) is 0 Å². The van der Waals surface area contributed by atoms with Crippen molar-refractivity contribution >= 4 is 6.03 Å². The first kappa shape index (κ1) is 31.2. The first-order valence-electron chi connectivity index (χ1n) is 15.4. The van der Waals surface area contributed by atoms with Crippen molar-refractivity contribution in [2.24, 2.45) is 5.92 Å². The summed E-state index contributed by atoms with van der Waals surface area (Å²) in [6, 6.07) is 24.9. The number of hydrogen-bond acceptors (Lipinski definition) is 6. The van der Waals surface area contributed by atoms with Crippen LogP contribution in [-0.4, -0.2) is 61.5 Å². The zero-order chi connectivity index (χ0) is 30.2. The molecule has 3 aromatic carbocycles. The highest BCUT2D eigenvalue weighted by atomic mass is 16.7. The largest absolute Gasteiger partial charge is 0.392 e. The molecule has 0 unspecified atom stereocenters. The van der Waals surface area contributed by atoms with Crippen LogP contribution in [0.3, 0.4) is 0 Å². The molecule has 2 heterocycles. The van der Waals surface area contributed by atoms with Gasteiger partial charge in [0, 0.05) is 44.3 Å². The van der Waals surface area contributed by atoms with Gasteiger partial charge in [-0.2, -0.15) is 0 Å². The standard InChI is InChI=1S/C35H45N3O5/c1-4-36-35(40)37-20-26-7-5-8-30(19-26)27-14-16-29(17-15-27)34-42-32(21-38-18-6-9-31(38)23-41-3)24(2)33(43-34)28-12-10-25(22-39)11-13-28/h5,7-8,10-17,19,24,31-34,39H,4,6,9,18,20-23H2,1-3H3,(H2,36,37,40)/t24-,31-,32+,33+,34+/m0/s1. The number of nitrogens with one attached hydrogen (secondary N) is 2. The van der Waals surface area contributed by atoms with Crippen LogP contribution in [0.4, 0.5) is 4.79 Å².